The summed E-state index contributed by atoms with van der Waals surface area (Å²) < 4.78 is 5.68. The van der Waals surface area contributed by atoms with Crippen molar-refractivity contribution in [3.8, 4) is 5.75 Å². The number of ether oxygens (including phenoxy) is 1. The van der Waals surface area contributed by atoms with Crippen molar-refractivity contribution in [3.05, 3.63) is 53.1 Å². The maximum absolute atomic E-state index is 12.1. The molecule has 1 N–H and O–H groups in total. The minimum Gasteiger partial charge on any atom is -0.483 e. The van der Waals surface area contributed by atoms with Crippen LogP contribution in [0.1, 0.15) is 30.5 Å². The number of hydrogen-bond donors (Lipinski definition) is 1. The molecule has 0 aliphatic rings. The predicted molar refractivity (Wildman–Crippen MR) is 105 cm³/mol. The first-order chi connectivity index (χ1) is 11.9. The molecule has 4 nitrogen and oxygen atoms in total. The van der Waals surface area contributed by atoms with Gasteiger partial charge in [-0.3, -0.25) is 4.79 Å². The fraction of sp³-hybridized carbons (Fsp3) is 0.381. The molecule has 0 saturated carbocycles. The lowest BCUT2D eigenvalue weighted by molar-refractivity contribution is -0.118. The average molecular weight is 340 g/mol. The largest absolute Gasteiger partial charge is 0.483 e. The van der Waals surface area contributed by atoms with E-state index in [1.165, 1.54) is 5.56 Å². The fourth-order valence-corrected chi connectivity index (χ4v) is 2.77. The summed E-state index contributed by atoms with van der Waals surface area (Å²) >= 11 is 0. The highest BCUT2D eigenvalue weighted by molar-refractivity contribution is 5.92. The Labute approximate surface area is 150 Å². The van der Waals surface area contributed by atoms with Gasteiger partial charge < -0.3 is 15.0 Å². The van der Waals surface area contributed by atoms with Gasteiger partial charge in [-0.25, -0.2) is 0 Å². The molecule has 0 bridgehead atoms. The zero-order valence-corrected chi connectivity index (χ0v) is 15.8. The van der Waals surface area contributed by atoms with Crippen molar-refractivity contribution in [2.45, 2.75) is 34.6 Å². The van der Waals surface area contributed by atoms with Crippen LogP contribution in [0.15, 0.2) is 36.4 Å². The molecule has 0 aromatic heterocycles. The number of nitrogens with one attached hydrogen (secondary N) is 1. The summed E-state index contributed by atoms with van der Waals surface area (Å²) in [5, 5.41) is 2.88. The van der Waals surface area contributed by atoms with Gasteiger partial charge in [-0.15, -0.1) is 0 Å². The Morgan fingerprint density at radius 1 is 0.960 bits per heavy atom. The van der Waals surface area contributed by atoms with Crippen molar-refractivity contribution >= 4 is 17.3 Å². The van der Waals surface area contributed by atoms with Crippen LogP contribution >= 0.6 is 0 Å². The number of carbonyl (C=O) groups is 1. The molecule has 0 unspecified atom stereocenters. The van der Waals surface area contributed by atoms with Gasteiger partial charge in [0.2, 0.25) is 0 Å². The first kappa shape index (κ1) is 18.8. The first-order valence-electron chi connectivity index (χ1n) is 8.80. The standard InChI is InChI=1S/C21H28N2O2/c1-6-23(7-2)19-10-8-18(9-11-19)22-21(24)14-25-20-13-16(4)15(3)12-17(20)5/h8-13H,6-7,14H2,1-5H3,(H,22,24). The van der Waals surface area contributed by atoms with Gasteiger partial charge in [0.1, 0.15) is 5.75 Å². The summed E-state index contributed by atoms with van der Waals surface area (Å²) in [5.74, 6) is 0.600. The normalized spacial score (nSPS) is 10.4. The minimum atomic E-state index is -0.159. The van der Waals surface area contributed by atoms with Crippen LogP contribution in [0.4, 0.5) is 11.4 Å². The molecule has 2 aromatic carbocycles. The van der Waals surface area contributed by atoms with E-state index in [2.05, 4.69) is 37.1 Å². The topological polar surface area (TPSA) is 41.6 Å². The molecule has 0 aliphatic heterocycles. The quantitative estimate of drug-likeness (QED) is 0.808. The molecule has 0 heterocycles. The van der Waals surface area contributed by atoms with E-state index in [0.717, 1.165) is 41.3 Å². The Hall–Kier alpha value is -2.49. The summed E-state index contributed by atoms with van der Waals surface area (Å²) in [6.07, 6.45) is 0. The highest BCUT2D eigenvalue weighted by Crippen LogP contribution is 2.22. The van der Waals surface area contributed by atoms with Crippen molar-refractivity contribution in [1.29, 1.82) is 0 Å². The molecule has 0 spiro atoms. The molecule has 134 valence electrons. The van der Waals surface area contributed by atoms with Crippen LogP contribution < -0.4 is 15.0 Å². The van der Waals surface area contributed by atoms with Gasteiger partial charge >= 0.3 is 0 Å². The van der Waals surface area contributed by atoms with Gasteiger partial charge in [-0.2, -0.15) is 0 Å². The van der Waals surface area contributed by atoms with Crippen LogP contribution in [0.25, 0.3) is 0 Å². The number of benzene rings is 2. The lowest BCUT2D eigenvalue weighted by Crippen LogP contribution is -2.22. The maximum Gasteiger partial charge on any atom is 0.262 e. The van der Waals surface area contributed by atoms with Gasteiger partial charge in [-0.1, -0.05) is 6.07 Å². The summed E-state index contributed by atoms with van der Waals surface area (Å²) in [6, 6.07) is 12.0. The van der Waals surface area contributed by atoms with Gasteiger partial charge in [0.25, 0.3) is 5.91 Å². The van der Waals surface area contributed by atoms with E-state index in [1.807, 2.05) is 44.2 Å². The smallest absolute Gasteiger partial charge is 0.262 e. The number of carbonyl (C=O) groups excluding carboxylic acids is 1. The highest BCUT2D eigenvalue weighted by Gasteiger charge is 2.08. The lowest BCUT2D eigenvalue weighted by Gasteiger charge is -2.21. The number of rotatable bonds is 7. The van der Waals surface area contributed by atoms with Crippen LogP contribution in [0, 0.1) is 20.8 Å². The van der Waals surface area contributed by atoms with E-state index in [1.54, 1.807) is 0 Å². The van der Waals surface area contributed by atoms with E-state index in [-0.39, 0.29) is 12.5 Å². The average Bonchev–Trinajstić information content (AvgIpc) is 2.59. The van der Waals surface area contributed by atoms with Crippen LogP contribution in [-0.2, 0) is 4.79 Å². The molecule has 0 aliphatic carbocycles. The van der Waals surface area contributed by atoms with Crippen molar-refractivity contribution in [2.24, 2.45) is 0 Å². The van der Waals surface area contributed by atoms with Gasteiger partial charge in [0, 0.05) is 24.5 Å². The zero-order valence-electron chi connectivity index (χ0n) is 15.8. The third-order valence-electron chi connectivity index (χ3n) is 4.43. The second kappa shape index (κ2) is 8.56. The van der Waals surface area contributed by atoms with E-state index < -0.39 is 0 Å². The molecule has 1 amide bonds. The van der Waals surface area contributed by atoms with Crippen LogP contribution in [0.5, 0.6) is 5.75 Å². The Morgan fingerprint density at radius 3 is 2.16 bits per heavy atom. The molecular formula is C21H28N2O2. The SMILES string of the molecule is CCN(CC)c1ccc(NC(=O)COc2cc(C)c(C)cc2C)cc1. The van der Waals surface area contributed by atoms with Crippen molar-refractivity contribution in [3.63, 3.8) is 0 Å². The van der Waals surface area contributed by atoms with E-state index in [4.69, 9.17) is 4.74 Å². The van der Waals surface area contributed by atoms with E-state index in [0.29, 0.717) is 0 Å². The molecule has 0 fully saturated rings. The molecule has 25 heavy (non-hydrogen) atoms. The molecule has 2 rings (SSSR count). The molecule has 4 heteroatoms. The summed E-state index contributed by atoms with van der Waals surface area (Å²) in [6.45, 7) is 12.3. The third kappa shape index (κ3) is 4.99. The number of nitrogens with zero attached hydrogens (tertiary/aromatic N) is 1. The summed E-state index contributed by atoms with van der Waals surface area (Å²) in [7, 11) is 0. The fourth-order valence-electron chi connectivity index (χ4n) is 2.77. The Kier molecular flexibility index (Phi) is 6.45. The predicted octanol–water partition coefficient (Wildman–Crippen LogP) is 4.48. The van der Waals surface area contributed by atoms with E-state index in [9.17, 15) is 4.79 Å². The Morgan fingerprint density at radius 2 is 1.56 bits per heavy atom. The molecule has 0 atom stereocenters. The molecule has 0 radical (unpaired) electrons. The number of anilines is 2. The molecular weight excluding hydrogens is 312 g/mol. The second-order valence-electron chi connectivity index (χ2n) is 6.26. The van der Waals surface area contributed by atoms with Crippen molar-refractivity contribution in [1.82, 2.24) is 0 Å². The maximum atomic E-state index is 12.1. The van der Waals surface area contributed by atoms with Gasteiger partial charge in [0.05, 0.1) is 0 Å². The van der Waals surface area contributed by atoms with Crippen molar-refractivity contribution < 1.29 is 9.53 Å². The van der Waals surface area contributed by atoms with Gasteiger partial charge in [0.15, 0.2) is 6.61 Å². The van der Waals surface area contributed by atoms with Crippen molar-refractivity contribution in [2.75, 3.05) is 29.9 Å². The lowest BCUT2D eigenvalue weighted by atomic mass is 10.1. The zero-order chi connectivity index (χ0) is 18.4. The molecule has 0 saturated heterocycles. The second-order valence-corrected chi connectivity index (χ2v) is 6.26. The molecule has 2 aromatic rings. The minimum absolute atomic E-state index is 0.00113. The Balaban J connectivity index is 1.93. The van der Waals surface area contributed by atoms with Crippen LogP contribution in [0.3, 0.4) is 0 Å². The monoisotopic (exact) mass is 340 g/mol. The highest BCUT2D eigenvalue weighted by atomic mass is 16.5. The van der Waals surface area contributed by atoms with Crippen LogP contribution in [-0.4, -0.2) is 25.6 Å². The van der Waals surface area contributed by atoms with Crippen LogP contribution in [0.2, 0.25) is 0 Å². The number of aryl methyl sites for hydroxylation is 3. The van der Waals surface area contributed by atoms with Gasteiger partial charge in [-0.05, 0) is 81.6 Å². The summed E-state index contributed by atoms with van der Waals surface area (Å²) in [5.41, 5.74) is 5.36. The Bertz CT molecular complexity index is 719. The van der Waals surface area contributed by atoms with E-state index >= 15 is 0 Å². The number of amides is 1. The summed E-state index contributed by atoms with van der Waals surface area (Å²) in [4.78, 5) is 14.4. The first-order valence-corrected chi connectivity index (χ1v) is 8.80. The number of hydrogen-bond acceptors (Lipinski definition) is 3. The third-order valence-corrected chi connectivity index (χ3v) is 4.43.